The number of thiazole rings is 1. The zero-order valence-electron chi connectivity index (χ0n) is 16.5. The lowest BCUT2D eigenvalue weighted by Crippen LogP contribution is -2.59. The second kappa shape index (κ2) is 7.49. The third kappa shape index (κ3) is 3.38. The van der Waals surface area contributed by atoms with Crippen molar-refractivity contribution >= 4 is 44.1 Å². The molecule has 0 spiro atoms. The lowest BCUT2D eigenvalue weighted by atomic mass is 9.79. The summed E-state index contributed by atoms with van der Waals surface area (Å²) in [6.45, 7) is 1.91. The molecule has 4 atom stereocenters. The molecule has 2 N–H and O–H groups in total. The summed E-state index contributed by atoms with van der Waals surface area (Å²) in [4.78, 5) is 41.4. The summed E-state index contributed by atoms with van der Waals surface area (Å²) in [5.74, 6) is -1.70. The highest BCUT2D eigenvalue weighted by Gasteiger charge is 2.52. The molecule has 1 aromatic heterocycles. The number of carbonyl (C=O) groups is 2. The van der Waals surface area contributed by atoms with Gasteiger partial charge in [0.1, 0.15) is 5.92 Å². The Balaban J connectivity index is 1.37. The van der Waals surface area contributed by atoms with Crippen LogP contribution in [-0.4, -0.2) is 33.8 Å². The number of para-hydroxylation sites is 1. The number of anilines is 1. The van der Waals surface area contributed by atoms with Gasteiger partial charge >= 0.3 is 0 Å². The van der Waals surface area contributed by atoms with E-state index in [0.29, 0.717) is 11.6 Å². The van der Waals surface area contributed by atoms with Gasteiger partial charge in [0, 0.05) is 24.1 Å². The van der Waals surface area contributed by atoms with Crippen LogP contribution in [0.1, 0.15) is 12.5 Å². The van der Waals surface area contributed by atoms with E-state index in [2.05, 4.69) is 15.7 Å². The highest BCUT2D eigenvalue weighted by atomic mass is 32.1. The molecule has 9 nitrogen and oxygen atoms in total. The van der Waals surface area contributed by atoms with Crippen LogP contribution in [0.5, 0.6) is 0 Å². The maximum atomic E-state index is 13.3. The molecule has 5 rings (SSSR count). The smallest absolute Gasteiger partial charge is 0.269 e. The molecule has 2 saturated heterocycles. The van der Waals surface area contributed by atoms with Crippen molar-refractivity contribution in [3.63, 3.8) is 0 Å². The summed E-state index contributed by atoms with van der Waals surface area (Å²) in [6, 6.07) is 13.6. The van der Waals surface area contributed by atoms with Crippen LogP contribution in [-0.2, 0) is 16.0 Å². The molecule has 0 aliphatic carbocycles. The standard InChI is InChI=1S/C21H19N5O4S/c1-11-14(10-12-6-8-13(9-7-12)26(29)30)18(27)17-19(22-11)24-25(20(17)28)21-23-15-4-2-3-5-16(15)31-21/h2-9,11,14,17,19,22,24H,10H2,1H3. The predicted molar refractivity (Wildman–Crippen MR) is 115 cm³/mol. The second-order valence-electron chi connectivity index (χ2n) is 7.81. The molecule has 3 heterocycles. The van der Waals surface area contributed by atoms with Gasteiger partial charge in [-0.25, -0.2) is 15.4 Å². The molecule has 10 heteroatoms. The molecule has 2 aliphatic rings. The van der Waals surface area contributed by atoms with Crippen LogP contribution in [0.2, 0.25) is 0 Å². The molecule has 158 valence electrons. The number of rotatable bonds is 4. The molecular formula is C21H19N5O4S. The number of carbonyl (C=O) groups excluding carboxylic acids is 2. The Bertz CT molecular complexity index is 1160. The van der Waals surface area contributed by atoms with Crippen molar-refractivity contribution in [3.05, 3.63) is 64.2 Å². The van der Waals surface area contributed by atoms with Crippen molar-refractivity contribution in [2.45, 2.75) is 25.6 Å². The van der Waals surface area contributed by atoms with Crippen molar-refractivity contribution in [1.82, 2.24) is 15.7 Å². The van der Waals surface area contributed by atoms with Crippen LogP contribution < -0.4 is 15.8 Å². The molecular weight excluding hydrogens is 418 g/mol. The Hall–Kier alpha value is -3.21. The topological polar surface area (TPSA) is 117 Å². The first kappa shape index (κ1) is 19.7. The number of hydrazine groups is 1. The Morgan fingerprint density at radius 3 is 2.61 bits per heavy atom. The van der Waals surface area contributed by atoms with Gasteiger partial charge < -0.3 is 0 Å². The van der Waals surface area contributed by atoms with E-state index in [-0.39, 0.29) is 23.4 Å². The Labute approximate surface area is 181 Å². The summed E-state index contributed by atoms with van der Waals surface area (Å²) < 4.78 is 0.964. The molecule has 2 aromatic carbocycles. The van der Waals surface area contributed by atoms with Crippen molar-refractivity contribution in [2.75, 3.05) is 5.01 Å². The first-order valence-electron chi connectivity index (χ1n) is 9.91. The average molecular weight is 437 g/mol. The minimum atomic E-state index is -0.841. The van der Waals surface area contributed by atoms with E-state index in [1.54, 1.807) is 12.1 Å². The van der Waals surface area contributed by atoms with E-state index in [4.69, 9.17) is 0 Å². The minimum Gasteiger partial charge on any atom is -0.298 e. The van der Waals surface area contributed by atoms with Gasteiger partial charge in [0.05, 0.1) is 21.3 Å². The highest BCUT2D eigenvalue weighted by Crippen LogP contribution is 2.34. The number of nitrogens with one attached hydrogen (secondary N) is 2. The number of amides is 1. The summed E-state index contributed by atoms with van der Waals surface area (Å²) in [5, 5.41) is 16.1. The molecule has 0 saturated carbocycles. The van der Waals surface area contributed by atoms with Gasteiger partial charge in [0.15, 0.2) is 5.78 Å². The van der Waals surface area contributed by atoms with Crippen molar-refractivity contribution in [1.29, 1.82) is 0 Å². The van der Waals surface area contributed by atoms with E-state index >= 15 is 0 Å². The van der Waals surface area contributed by atoms with Crippen LogP contribution in [0.15, 0.2) is 48.5 Å². The number of nitrogens with zero attached hydrogens (tertiary/aromatic N) is 3. The largest absolute Gasteiger partial charge is 0.298 e. The normalized spacial score (nSPS) is 25.8. The Kier molecular flexibility index (Phi) is 4.77. The highest BCUT2D eigenvalue weighted by molar-refractivity contribution is 7.22. The summed E-state index contributed by atoms with van der Waals surface area (Å²) in [7, 11) is 0. The number of non-ortho nitro benzene ring substituents is 1. The fourth-order valence-electron chi connectivity index (χ4n) is 4.25. The molecule has 4 unspecified atom stereocenters. The van der Waals surface area contributed by atoms with Gasteiger partial charge in [-0.05, 0) is 31.0 Å². The number of nitro groups is 1. The predicted octanol–water partition coefficient (Wildman–Crippen LogP) is 2.42. The van der Waals surface area contributed by atoms with E-state index in [0.717, 1.165) is 15.8 Å². The second-order valence-corrected chi connectivity index (χ2v) is 8.82. The average Bonchev–Trinajstić information content (AvgIpc) is 3.32. The van der Waals surface area contributed by atoms with E-state index in [1.807, 2.05) is 31.2 Å². The summed E-state index contributed by atoms with van der Waals surface area (Å²) in [6.07, 6.45) is -0.0852. The SMILES string of the molecule is CC1NC2NN(c3nc4ccccc4s3)C(=O)C2C(=O)C1Cc1ccc([N+](=O)[O-])cc1. The number of piperidine rings is 1. The minimum absolute atomic E-state index is 0.00612. The number of benzene rings is 2. The fraction of sp³-hybridized carbons (Fsp3) is 0.286. The number of Topliss-reactive ketones (excluding diaryl/α,β-unsaturated/α-hetero) is 1. The van der Waals surface area contributed by atoms with E-state index < -0.39 is 22.9 Å². The number of fused-ring (bicyclic) bond motifs is 2. The number of hydrogen-bond acceptors (Lipinski definition) is 8. The number of aromatic nitrogens is 1. The van der Waals surface area contributed by atoms with Gasteiger partial charge in [0.25, 0.3) is 11.6 Å². The van der Waals surface area contributed by atoms with Crippen LogP contribution >= 0.6 is 11.3 Å². The molecule has 31 heavy (non-hydrogen) atoms. The first-order valence-corrected chi connectivity index (χ1v) is 10.7. The van der Waals surface area contributed by atoms with E-state index in [9.17, 15) is 19.7 Å². The Morgan fingerprint density at radius 1 is 1.16 bits per heavy atom. The molecule has 0 bridgehead atoms. The quantitative estimate of drug-likeness (QED) is 0.366. The van der Waals surface area contributed by atoms with E-state index in [1.165, 1.54) is 28.5 Å². The summed E-state index contributed by atoms with van der Waals surface area (Å²) in [5.41, 5.74) is 4.73. The van der Waals surface area contributed by atoms with Crippen molar-refractivity contribution in [3.8, 4) is 0 Å². The molecule has 1 amide bonds. The maximum absolute atomic E-state index is 13.3. The zero-order chi connectivity index (χ0) is 21.7. The van der Waals surface area contributed by atoms with Crippen LogP contribution in [0.4, 0.5) is 10.8 Å². The number of ketones is 1. The third-order valence-electron chi connectivity index (χ3n) is 5.88. The van der Waals surface area contributed by atoms with Gasteiger partial charge in [0.2, 0.25) is 5.13 Å². The van der Waals surface area contributed by atoms with Crippen molar-refractivity contribution in [2.24, 2.45) is 11.8 Å². The van der Waals surface area contributed by atoms with Crippen LogP contribution in [0, 0.1) is 22.0 Å². The molecule has 0 radical (unpaired) electrons. The number of nitro benzene ring substituents is 1. The van der Waals surface area contributed by atoms with Gasteiger partial charge in [-0.2, -0.15) is 0 Å². The number of hydrogen-bond donors (Lipinski definition) is 2. The van der Waals surface area contributed by atoms with Crippen LogP contribution in [0.25, 0.3) is 10.2 Å². The maximum Gasteiger partial charge on any atom is 0.269 e. The van der Waals surface area contributed by atoms with Gasteiger partial charge in [-0.1, -0.05) is 35.6 Å². The molecule has 2 fully saturated rings. The van der Waals surface area contributed by atoms with Crippen LogP contribution in [0.3, 0.4) is 0 Å². The van der Waals surface area contributed by atoms with Gasteiger partial charge in [-0.3, -0.25) is 25.0 Å². The Morgan fingerprint density at radius 2 is 1.90 bits per heavy atom. The zero-order valence-corrected chi connectivity index (χ0v) is 17.3. The van der Waals surface area contributed by atoms with Crippen molar-refractivity contribution < 1.29 is 14.5 Å². The molecule has 3 aromatic rings. The fourth-order valence-corrected chi connectivity index (χ4v) is 5.18. The monoisotopic (exact) mass is 437 g/mol. The lowest BCUT2D eigenvalue weighted by Gasteiger charge is -2.35. The third-order valence-corrected chi connectivity index (χ3v) is 6.90. The van der Waals surface area contributed by atoms with Gasteiger partial charge in [-0.15, -0.1) is 0 Å². The summed E-state index contributed by atoms with van der Waals surface area (Å²) >= 11 is 1.39. The molecule has 2 aliphatic heterocycles. The first-order chi connectivity index (χ1) is 14.9. The lowest BCUT2D eigenvalue weighted by molar-refractivity contribution is -0.384.